The van der Waals surface area contributed by atoms with Crippen molar-refractivity contribution < 1.29 is 18.7 Å². The third kappa shape index (κ3) is 4.88. The van der Waals surface area contributed by atoms with Crippen LogP contribution < -0.4 is 14.8 Å². The van der Waals surface area contributed by atoms with E-state index in [4.69, 9.17) is 37.1 Å². The van der Waals surface area contributed by atoms with Gasteiger partial charge in [0.05, 0.1) is 19.9 Å². The van der Waals surface area contributed by atoms with E-state index in [9.17, 15) is 4.79 Å². The Bertz CT molecular complexity index is 1010. The fraction of sp³-hybridized carbons (Fsp3) is 0.0952. The van der Waals surface area contributed by atoms with Crippen molar-refractivity contribution in [3.63, 3.8) is 0 Å². The third-order valence-corrected chi connectivity index (χ3v) is 4.28. The molecule has 0 unspecified atom stereocenters. The zero-order chi connectivity index (χ0) is 20.1. The highest BCUT2D eigenvalue weighted by atomic mass is 35.5. The molecule has 28 heavy (non-hydrogen) atoms. The Labute approximate surface area is 172 Å². The van der Waals surface area contributed by atoms with Gasteiger partial charge in [-0.15, -0.1) is 0 Å². The molecule has 0 bridgehead atoms. The van der Waals surface area contributed by atoms with Crippen LogP contribution in [0.3, 0.4) is 0 Å². The van der Waals surface area contributed by atoms with E-state index in [-0.39, 0.29) is 5.91 Å². The first kappa shape index (κ1) is 19.9. The highest BCUT2D eigenvalue weighted by Gasteiger charge is 2.08. The highest BCUT2D eigenvalue weighted by molar-refractivity contribution is 6.35. The number of furan rings is 1. The van der Waals surface area contributed by atoms with E-state index in [0.29, 0.717) is 38.8 Å². The number of ether oxygens (including phenoxy) is 2. The van der Waals surface area contributed by atoms with Crippen LogP contribution in [0.5, 0.6) is 11.5 Å². The van der Waals surface area contributed by atoms with Crippen LogP contribution in [0, 0.1) is 0 Å². The van der Waals surface area contributed by atoms with Crippen LogP contribution in [0.2, 0.25) is 10.0 Å². The van der Waals surface area contributed by atoms with Gasteiger partial charge in [-0.3, -0.25) is 4.79 Å². The normalized spacial score (nSPS) is 10.9. The van der Waals surface area contributed by atoms with Crippen molar-refractivity contribution >= 4 is 40.9 Å². The minimum atomic E-state index is -0.327. The summed E-state index contributed by atoms with van der Waals surface area (Å²) in [7, 11) is 3.08. The number of nitrogens with one attached hydrogen (secondary N) is 1. The molecule has 1 heterocycles. The molecular weight excluding hydrogens is 401 g/mol. The number of benzene rings is 2. The van der Waals surface area contributed by atoms with Crippen LogP contribution in [0.4, 0.5) is 5.69 Å². The summed E-state index contributed by atoms with van der Waals surface area (Å²) >= 11 is 12.0. The fourth-order valence-corrected chi connectivity index (χ4v) is 3.05. The zero-order valence-corrected chi connectivity index (χ0v) is 16.7. The van der Waals surface area contributed by atoms with Gasteiger partial charge in [-0.2, -0.15) is 0 Å². The van der Waals surface area contributed by atoms with E-state index in [1.165, 1.54) is 13.2 Å². The maximum Gasteiger partial charge on any atom is 0.248 e. The molecule has 0 radical (unpaired) electrons. The summed E-state index contributed by atoms with van der Waals surface area (Å²) in [5.74, 6) is 1.92. The second-order valence-electron chi connectivity index (χ2n) is 5.75. The van der Waals surface area contributed by atoms with Gasteiger partial charge in [-0.05, 0) is 48.5 Å². The average molecular weight is 418 g/mol. The molecule has 2 aromatic carbocycles. The number of rotatable bonds is 6. The Morgan fingerprint density at radius 1 is 1.00 bits per heavy atom. The molecule has 5 nitrogen and oxygen atoms in total. The summed E-state index contributed by atoms with van der Waals surface area (Å²) in [6, 6.07) is 13.8. The largest absolute Gasteiger partial charge is 0.497 e. The minimum absolute atomic E-state index is 0.327. The molecule has 1 N–H and O–H groups in total. The summed E-state index contributed by atoms with van der Waals surface area (Å²) < 4.78 is 16.1. The van der Waals surface area contributed by atoms with Gasteiger partial charge in [-0.1, -0.05) is 23.2 Å². The summed E-state index contributed by atoms with van der Waals surface area (Å²) in [6.07, 6.45) is 2.94. The summed E-state index contributed by atoms with van der Waals surface area (Å²) in [4.78, 5) is 12.2. The average Bonchev–Trinajstić information content (AvgIpc) is 3.15. The minimum Gasteiger partial charge on any atom is -0.497 e. The lowest BCUT2D eigenvalue weighted by atomic mass is 10.2. The van der Waals surface area contributed by atoms with Crippen LogP contribution >= 0.6 is 23.2 Å². The molecule has 7 heteroatoms. The number of hydrogen-bond donors (Lipinski definition) is 1. The number of carbonyl (C=O) groups excluding carboxylic acids is 1. The van der Waals surface area contributed by atoms with Gasteiger partial charge in [-0.25, -0.2) is 0 Å². The smallest absolute Gasteiger partial charge is 0.248 e. The van der Waals surface area contributed by atoms with Crippen molar-refractivity contribution in [2.45, 2.75) is 0 Å². The van der Waals surface area contributed by atoms with Gasteiger partial charge in [0, 0.05) is 27.8 Å². The molecule has 0 spiro atoms. The third-order valence-electron chi connectivity index (χ3n) is 3.84. The Hall–Kier alpha value is -2.89. The Morgan fingerprint density at radius 2 is 1.75 bits per heavy atom. The van der Waals surface area contributed by atoms with Crippen LogP contribution in [0.1, 0.15) is 5.76 Å². The first-order valence-electron chi connectivity index (χ1n) is 8.26. The molecule has 0 aliphatic rings. The van der Waals surface area contributed by atoms with Crippen LogP contribution in [0.25, 0.3) is 17.4 Å². The zero-order valence-electron chi connectivity index (χ0n) is 15.2. The lowest BCUT2D eigenvalue weighted by Gasteiger charge is -2.10. The number of hydrogen-bond acceptors (Lipinski definition) is 4. The monoisotopic (exact) mass is 417 g/mol. The number of halogens is 2. The molecule has 3 aromatic rings. The van der Waals surface area contributed by atoms with E-state index in [1.807, 2.05) is 0 Å². The molecule has 0 aliphatic carbocycles. The Balaban J connectivity index is 1.71. The number of carbonyl (C=O) groups is 1. The van der Waals surface area contributed by atoms with Crippen molar-refractivity contribution in [1.29, 1.82) is 0 Å². The van der Waals surface area contributed by atoms with Crippen LogP contribution in [-0.2, 0) is 4.79 Å². The van der Waals surface area contributed by atoms with Gasteiger partial charge >= 0.3 is 0 Å². The molecule has 0 fully saturated rings. The van der Waals surface area contributed by atoms with Gasteiger partial charge in [0.25, 0.3) is 0 Å². The van der Waals surface area contributed by atoms with Crippen molar-refractivity contribution in [2.24, 2.45) is 0 Å². The maximum absolute atomic E-state index is 12.2. The molecule has 0 saturated heterocycles. The lowest BCUT2D eigenvalue weighted by molar-refractivity contribution is -0.111. The predicted octanol–water partition coefficient (Wildman–Crippen LogP) is 5.92. The van der Waals surface area contributed by atoms with Crippen molar-refractivity contribution in [1.82, 2.24) is 0 Å². The topological polar surface area (TPSA) is 60.7 Å². The van der Waals surface area contributed by atoms with Gasteiger partial charge < -0.3 is 19.2 Å². The van der Waals surface area contributed by atoms with Crippen molar-refractivity contribution in [2.75, 3.05) is 19.5 Å². The fourth-order valence-electron chi connectivity index (χ4n) is 2.53. The van der Waals surface area contributed by atoms with Crippen molar-refractivity contribution in [3.8, 4) is 22.8 Å². The Kier molecular flexibility index (Phi) is 6.29. The quantitative estimate of drug-likeness (QED) is 0.505. The van der Waals surface area contributed by atoms with E-state index < -0.39 is 0 Å². The van der Waals surface area contributed by atoms with E-state index >= 15 is 0 Å². The molecular formula is C21H17Cl2NO4. The molecule has 1 amide bonds. The second-order valence-corrected chi connectivity index (χ2v) is 6.62. The SMILES string of the molecule is COc1ccc(NC(=O)C=Cc2ccc(-c3cc(Cl)cc(Cl)c3)o2)c(OC)c1. The number of amides is 1. The van der Waals surface area contributed by atoms with Crippen LogP contribution in [0.15, 0.2) is 59.0 Å². The molecule has 0 saturated carbocycles. The molecule has 0 atom stereocenters. The van der Waals surface area contributed by atoms with E-state index in [0.717, 1.165) is 5.56 Å². The van der Waals surface area contributed by atoms with Crippen LogP contribution in [-0.4, -0.2) is 20.1 Å². The first-order chi connectivity index (χ1) is 13.5. The predicted molar refractivity (Wildman–Crippen MR) is 111 cm³/mol. The first-order valence-corrected chi connectivity index (χ1v) is 9.01. The summed E-state index contributed by atoms with van der Waals surface area (Å²) in [5, 5.41) is 3.79. The molecule has 1 aromatic heterocycles. The number of methoxy groups -OCH3 is 2. The molecule has 3 rings (SSSR count). The van der Waals surface area contributed by atoms with E-state index in [1.54, 1.807) is 61.7 Å². The highest BCUT2D eigenvalue weighted by Crippen LogP contribution is 2.30. The molecule has 0 aliphatic heterocycles. The number of anilines is 1. The standard InChI is InChI=1S/C21H17Cl2NO4/c1-26-17-3-6-18(20(12-17)27-2)24-21(25)8-5-16-4-7-19(28-16)13-9-14(22)11-15(23)10-13/h3-12H,1-2H3,(H,24,25). The maximum atomic E-state index is 12.2. The van der Waals surface area contributed by atoms with E-state index in [2.05, 4.69) is 5.32 Å². The van der Waals surface area contributed by atoms with Gasteiger partial charge in [0.1, 0.15) is 23.0 Å². The van der Waals surface area contributed by atoms with Crippen molar-refractivity contribution in [3.05, 3.63) is 70.4 Å². The van der Waals surface area contributed by atoms with Gasteiger partial charge in [0.15, 0.2) is 0 Å². The summed E-state index contributed by atoms with van der Waals surface area (Å²) in [6.45, 7) is 0. The second kappa shape index (κ2) is 8.87. The molecule has 144 valence electrons. The Morgan fingerprint density at radius 3 is 2.43 bits per heavy atom. The van der Waals surface area contributed by atoms with Gasteiger partial charge in [0.2, 0.25) is 5.91 Å². The lowest BCUT2D eigenvalue weighted by Crippen LogP contribution is -2.08. The summed E-state index contributed by atoms with van der Waals surface area (Å²) in [5.41, 5.74) is 1.29.